The van der Waals surface area contributed by atoms with Crippen molar-refractivity contribution in [2.75, 3.05) is 0 Å². The van der Waals surface area contributed by atoms with Crippen molar-refractivity contribution >= 4 is 47.7 Å². The molecule has 0 atom stereocenters. The summed E-state index contributed by atoms with van der Waals surface area (Å²) >= 11 is 0. The van der Waals surface area contributed by atoms with E-state index in [0.29, 0.717) is 0 Å². The summed E-state index contributed by atoms with van der Waals surface area (Å²) in [6.45, 7) is 4.83. The first-order valence-corrected chi connectivity index (χ1v) is 16.8. The van der Waals surface area contributed by atoms with Gasteiger partial charge in [0.25, 0.3) is 0 Å². The Hall–Kier alpha value is -3.82. The highest BCUT2D eigenvalue weighted by Crippen LogP contribution is 2.42. The van der Waals surface area contributed by atoms with Crippen LogP contribution in [0.1, 0.15) is 25.0 Å². The largest absolute Gasteiger partial charge is 0.0622 e. The van der Waals surface area contributed by atoms with Crippen LogP contribution in [0.15, 0.2) is 170 Å². The molecule has 0 aromatic heterocycles. The molecular weight excluding hydrogens is 530 g/mol. The average molecular weight is 565 g/mol. The molecule has 0 aliphatic carbocycles. The Labute approximate surface area is 247 Å². The molecule has 0 N–H and O–H groups in total. The molecule has 0 heterocycles. The van der Waals surface area contributed by atoms with Crippen molar-refractivity contribution < 1.29 is 0 Å². The second-order valence-corrected chi connectivity index (χ2v) is 15.0. The van der Waals surface area contributed by atoms with E-state index >= 15 is 0 Å². The van der Waals surface area contributed by atoms with Crippen LogP contribution in [0.3, 0.4) is 0 Å². The monoisotopic (exact) mass is 564 g/mol. The van der Waals surface area contributed by atoms with E-state index in [2.05, 4.69) is 184 Å². The second kappa shape index (κ2) is 12.4. The summed E-state index contributed by atoms with van der Waals surface area (Å²) < 4.78 is 0. The highest BCUT2D eigenvalue weighted by atomic mass is 31.1. The molecule has 0 aliphatic heterocycles. The lowest BCUT2D eigenvalue weighted by molar-refractivity contribution is 0.649. The molecular formula is C39H34P2. The first-order valence-electron chi connectivity index (χ1n) is 14.1. The Kier molecular flexibility index (Phi) is 8.25. The van der Waals surface area contributed by atoms with E-state index in [9.17, 15) is 0 Å². The number of rotatable bonds is 8. The molecule has 0 bridgehead atoms. The number of hydrogen-bond acceptors (Lipinski definition) is 0. The summed E-state index contributed by atoms with van der Waals surface area (Å²) in [5.74, 6) is 0. The van der Waals surface area contributed by atoms with Crippen LogP contribution in [0.4, 0.5) is 0 Å². The van der Waals surface area contributed by atoms with Crippen molar-refractivity contribution in [1.82, 2.24) is 0 Å². The van der Waals surface area contributed by atoms with E-state index < -0.39 is 15.8 Å². The molecule has 0 fully saturated rings. The smallest absolute Gasteiger partial charge is 0.0159 e. The minimum absolute atomic E-state index is 0.221. The third kappa shape index (κ3) is 5.69. The van der Waals surface area contributed by atoms with Crippen LogP contribution in [0.2, 0.25) is 0 Å². The number of hydrogen-bond donors (Lipinski definition) is 0. The quantitative estimate of drug-likeness (QED) is 0.168. The van der Waals surface area contributed by atoms with Crippen molar-refractivity contribution in [3.63, 3.8) is 0 Å². The van der Waals surface area contributed by atoms with E-state index in [-0.39, 0.29) is 5.41 Å². The first kappa shape index (κ1) is 27.4. The maximum absolute atomic E-state index is 2.41. The summed E-state index contributed by atoms with van der Waals surface area (Å²) in [7, 11) is -1.46. The Morgan fingerprint density at radius 2 is 0.561 bits per heavy atom. The maximum atomic E-state index is 2.41. The van der Waals surface area contributed by atoms with E-state index in [1.165, 1.54) is 43.0 Å². The normalized spacial score (nSPS) is 11.6. The van der Waals surface area contributed by atoms with Crippen LogP contribution in [0.25, 0.3) is 0 Å². The van der Waals surface area contributed by atoms with Gasteiger partial charge >= 0.3 is 0 Å². The van der Waals surface area contributed by atoms with Gasteiger partial charge in [0.2, 0.25) is 0 Å². The molecule has 0 spiro atoms. The van der Waals surface area contributed by atoms with Gasteiger partial charge < -0.3 is 0 Å². The van der Waals surface area contributed by atoms with Gasteiger partial charge in [-0.25, -0.2) is 0 Å². The lowest BCUT2D eigenvalue weighted by atomic mass is 9.78. The van der Waals surface area contributed by atoms with E-state index in [1.54, 1.807) is 0 Å². The highest BCUT2D eigenvalue weighted by Gasteiger charge is 2.33. The van der Waals surface area contributed by atoms with Crippen LogP contribution in [-0.2, 0) is 5.41 Å². The zero-order valence-corrected chi connectivity index (χ0v) is 25.3. The van der Waals surface area contributed by atoms with Crippen molar-refractivity contribution in [3.8, 4) is 0 Å². The molecule has 0 aliphatic rings. The van der Waals surface area contributed by atoms with Crippen molar-refractivity contribution in [2.45, 2.75) is 19.3 Å². The van der Waals surface area contributed by atoms with Crippen LogP contribution in [0.5, 0.6) is 0 Å². The van der Waals surface area contributed by atoms with Crippen LogP contribution < -0.4 is 31.8 Å². The zero-order chi connectivity index (χ0) is 28.1. The van der Waals surface area contributed by atoms with Gasteiger partial charge in [0, 0.05) is 5.41 Å². The van der Waals surface area contributed by atoms with Gasteiger partial charge in [-0.1, -0.05) is 184 Å². The summed E-state index contributed by atoms with van der Waals surface area (Å²) in [5, 5.41) is 8.34. The van der Waals surface area contributed by atoms with Gasteiger partial charge in [-0.15, -0.1) is 0 Å². The van der Waals surface area contributed by atoms with Gasteiger partial charge in [-0.2, -0.15) is 0 Å². The molecule has 6 rings (SSSR count). The third-order valence-electron chi connectivity index (χ3n) is 7.69. The zero-order valence-electron chi connectivity index (χ0n) is 23.6. The van der Waals surface area contributed by atoms with Crippen molar-refractivity contribution in [1.29, 1.82) is 0 Å². The van der Waals surface area contributed by atoms with E-state index in [0.717, 1.165) is 0 Å². The predicted octanol–water partition coefficient (Wildman–Crippen LogP) is 7.53. The Balaban J connectivity index is 1.55. The minimum Gasteiger partial charge on any atom is -0.0622 e. The standard InChI is InChI=1S/C39H34P2/c1-39(2,35-27-15-17-29-37(35)40(31-19-7-3-8-20-31)32-21-9-4-10-22-32)36-28-16-18-30-38(36)41(33-23-11-5-12-24-33)34-25-13-6-14-26-34/h3-30H,1-2H3. The predicted molar refractivity (Wildman–Crippen MR) is 182 cm³/mol. The molecule has 2 heteroatoms. The second-order valence-electron chi connectivity index (χ2n) is 10.7. The first-order chi connectivity index (χ1) is 20.1. The highest BCUT2D eigenvalue weighted by molar-refractivity contribution is 7.80. The Morgan fingerprint density at radius 1 is 0.317 bits per heavy atom. The molecule has 6 aromatic carbocycles. The average Bonchev–Trinajstić information content (AvgIpc) is 3.04. The lowest BCUT2D eigenvalue weighted by Crippen LogP contribution is -2.35. The van der Waals surface area contributed by atoms with Crippen molar-refractivity contribution in [2.24, 2.45) is 0 Å². The van der Waals surface area contributed by atoms with E-state index in [1.807, 2.05) is 0 Å². The Bertz CT molecular complexity index is 1490. The van der Waals surface area contributed by atoms with Crippen LogP contribution in [0, 0.1) is 0 Å². The fourth-order valence-electron chi connectivity index (χ4n) is 5.70. The molecule has 0 saturated heterocycles. The number of benzene rings is 6. The summed E-state index contributed by atoms with van der Waals surface area (Å²) in [6, 6.07) is 62.5. The molecule has 0 saturated carbocycles. The Morgan fingerprint density at radius 3 is 0.854 bits per heavy atom. The van der Waals surface area contributed by atoms with Gasteiger partial charge in [0.1, 0.15) is 0 Å². The molecule has 0 nitrogen and oxygen atoms in total. The summed E-state index contributed by atoms with van der Waals surface area (Å²) in [6.07, 6.45) is 0. The fraction of sp³-hybridized carbons (Fsp3) is 0.0769. The molecule has 0 unspecified atom stereocenters. The van der Waals surface area contributed by atoms with Gasteiger partial charge in [0.15, 0.2) is 0 Å². The van der Waals surface area contributed by atoms with Gasteiger partial charge in [-0.05, 0) is 58.8 Å². The van der Waals surface area contributed by atoms with E-state index in [4.69, 9.17) is 0 Å². The van der Waals surface area contributed by atoms with Crippen molar-refractivity contribution in [3.05, 3.63) is 181 Å². The SMILES string of the molecule is CC(C)(c1ccccc1P(c1ccccc1)c1ccccc1)c1ccccc1P(c1ccccc1)c1ccccc1. The van der Waals surface area contributed by atoms with Crippen LogP contribution in [-0.4, -0.2) is 0 Å². The fourth-order valence-corrected chi connectivity index (χ4v) is 11.0. The lowest BCUT2D eigenvalue weighted by Gasteiger charge is -2.35. The summed E-state index contributed by atoms with van der Waals surface area (Å²) in [4.78, 5) is 0. The molecule has 0 radical (unpaired) electrons. The summed E-state index contributed by atoms with van der Waals surface area (Å²) in [5.41, 5.74) is 2.56. The molecule has 200 valence electrons. The van der Waals surface area contributed by atoms with Gasteiger partial charge in [0.05, 0.1) is 0 Å². The third-order valence-corrected chi connectivity index (χ3v) is 12.7. The molecule has 41 heavy (non-hydrogen) atoms. The van der Waals surface area contributed by atoms with Gasteiger partial charge in [-0.3, -0.25) is 0 Å². The maximum Gasteiger partial charge on any atom is 0.0159 e. The van der Waals surface area contributed by atoms with Crippen LogP contribution >= 0.6 is 15.8 Å². The molecule has 0 amide bonds. The molecule has 6 aromatic rings. The topological polar surface area (TPSA) is 0 Å². The minimum atomic E-state index is -0.729.